The fourth-order valence-corrected chi connectivity index (χ4v) is 16.6. The molecule has 2 fully saturated rings. The maximum absolute atomic E-state index is 13.3. The molecule has 0 aromatic heterocycles. The number of piperidine rings is 1. The Morgan fingerprint density at radius 1 is 0.906 bits per heavy atom. The van der Waals surface area contributed by atoms with Crippen LogP contribution in [0.5, 0.6) is 0 Å². The lowest BCUT2D eigenvalue weighted by atomic mass is 9.65. The second kappa shape index (κ2) is 21.7. The van der Waals surface area contributed by atoms with E-state index in [2.05, 4.69) is 89.6 Å². The summed E-state index contributed by atoms with van der Waals surface area (Å²) in [6.45, 7) is 19.8. The highest BCUT2D eigenvalue weighted by Gasteiger charge is 2.49. The summed E-state index contributed by atoms with van der Waals surface area (Å²) < 4.78 is 30.6. The fourth-order valence-electron chi connectivity index (χ4n) is 11.1. The molecule has 0 bridgehead atoms. The summed E-state index contributed by atoms with van der Waals surface area (Å²) in [4.78, 5) is 77.5. The standard InChI is InChI=1S/C48H70N4O11Si/c1-28(2)64(29(3)4,30(5)6)63-35-26-34(61-42(54)27-35)14-15-36-32(8)12-13-33-24-31(7)25-40(43(33)36)62-48(58)50-19-21-60-23-22-59-20-18-49-38-11-9-10-37-44(38)47(57)52(46(37)56)39-16-17-41(53)51-45(39)55/h9-13,24,28-32,34-36,39-40,43,49H,14-23,25-27H2,1-8H3,(H,50,58)(H,51,53,55)/t31-,32-,34+,35+,36-,39?,40-,43-/m0/s1. The molecule has 1 unspecified atom stereocenters. The highest BCUT2D eigenvalue weighted by Crippen LogP contribution is 2.47. The van der Waals surface area contributed by atoms with Crippen molar-refractivity contribution in [1.82, 2.24) is 15.5 Å². The number of anilines is 1. The molecule has 16 heteroatoms. The maximum atomic E-state index is 13.3. The minimum atomic E-state index is -2.17. The third-order valence-electron chi connectivity index (χ3n) is 13.9. The van der Waals surface area contributed by atoms with Gasteiger partial charge < -0.3 is 34.0 Å². The first kappa shape index (κ1) is 49.1. The van der Waals surface area contributed by atoms with Gasteiger partial charge in [0, 0.05) is 37.5 Å². The van der Waals surface area contributed by atoms with Crippen LogP contribution in [0.15, 0.2) is 42.0 Å². The molecule has 1 aromatic rings. The summed E-state index contributed by atoms with van der Waals surface area (Å²) in [6.07, 6.45) is 9.08. The van der Waals surface area contributed by atoms with Crippen molar-refractivity contribution in [1.29, 1.82) is 0 Å². The summed E-state index contributed by atoms with van der Waals surface area (Å²) in [5, 5.41) is 8.21. The Kier molecular flexibility index (Phi) is 16.7. The molecule has 3 heterocycles. The van der Waals surface area contributed by atoms with E-state index in [-0.39, 0.29) is 85.1 Å². The van der Waals surface area contributed by atoms with E-state index in [1.165, 1.54) is 5.57 Å². The summed E-state index contributed by atoms with van der Waals surface area (Å²) >= 11 is 0. The molecule has 5 aliphatic rings. The number of rotatable bonds is 20. The van der Waals surface area contributed by atoms with Crippen LogP contribution in [-0.2, 0) is 37.8 Å². The number of ether oxygens (including phenoxy) is 4. The molecule has 3 N–H and O–H groups in total. The van der Waals surface area contributed by atoms with Gasteiger partial charge in [0.05, 0.1) is 50.1 Å². The molecule has 64 heavy (non-hydrogen) atoms. The minimum absolute atomic E-state index is 0.0392. The first-order chi connectivity index (χ1) is 30.5. The molecule has 3 aliphatic heterocycles. The van der Waals surface area contributed by atoms with Crippen molar-refractivity contribution in [3.8, 4) is 0 Å². The van der Waals surface area contributed by atoms with Gasteiger partial charge >= 0.3 is 12.1 Å². The van der Waals surface area contributed by atoms with Crippen molar-refractivity contribution in [3.05, 3.63) is 53.1 Å². The van der Waals surface area contributed by atoms with Crippen LogP contribution in [0.1, 0.15) is 121 Å². The highest BCUT2D eigenvalue weighted by molar-refractivity contribution is 6.77. The topological polar surface area (TPSA) is 188 Å². The Labute approximate surface area is 379 Å². The number of fused-ring (bicyclic) bond motifs is 2. The summed E-state index contributed by atoms with van der Waals surface area (Å²) in [5.41, 5.74) is 3.34. The Balaban J connectivity index is 0.910. The van der Waals surface area contributed by atoms with E-state index >= 15 is 0 Å². The number of carbonyl (C=O) groups excluding carboxylic acids is 6. The van der Waals surface area contributed by atoms with E-state index < -0.39 is 44.1 Å². The smallest absolute Gasteiger partial charge is 0.407 e. The molecule has 8 atom stereocenters. The minimum Gasteiger partial charge on any atom is -0.462 e. The predicted octanol–water partition coefficient (Wildman–Crippen LogP) is 7.08. The Hall–Kier alpha value is -4.38. The quantitative estimate of drug-likeness (QED) is 0.0523. The number of allylic oxidation sites excluding steroid dienone is 3. The van der Waals surface area contributed by atoms with Gasteiger partial charge in [0.15, 0.2) is 0 Å². The average Bonchev–Trinajstić information content (AvgIpc) is 3.48. The van der Waals surface area contributed by atoms with Crippen LogP contribution in [0.3, 0.4) is 0 Å². The van der Waals surface area contributed by atoms with E-state index in [1.54, 1.807) is 18.2 Å². The van der Waals surface area contributed by atoms with Gasteiger partial charge in [-0.05, 0) is 77.8 Å². The summed E-state index contributed by atoms with van der Waals surface area (Å²) in [6, 6.07) is 3.87. The van der Waals surface area contributed by atoms with E-state index in [0.29, 0.717) is 61.5 Å². The third-order valence-corrected chi connectivity index (χ3v) is 20.0. The van der Waals surface area contributed by atoms with Crippen LogP contribution in [-0.4, -0.2) is 113 Å². The van der Waals surface area contributed by atoms with Crippen molar-refractivity contribution in [2.24, 2.45) is 23.7 Å². The molecule has 2 aliphatic carbocycles. The van der Waals surface area contributed by atoms with Crippen LogP contribution in [0.2, 0.25) is 16.6 Å². The second-order valence-electron chi connectivity index (χ2n) is 19.2. The number of esters is 1. The number of imide groups is 2. The zero-order chi connectivity index (χ0) is 46.3. The van der Waals surface area contributed by atoms with Gasteiger partial charge in [-0.2, -0.15) is 0 Å². The van der Waals surface area contributed by atoms with Gasteiger partial charge in [-0.25, -0.2) is 4.79 Å². The van der Waals surface area contributed by atoms with Crippen molar-refractivity contribution in [3.63, 3.8) is 0 Å². The Morgan fingerprint density at radius 2 is 1.61 bits per heavy atom. The van der Waals surface area contributed by atoms with Crippen molar-refractivity contribution < 1.29 is 52.1 Å². The Bertz CT molecular complexity index is 1930. The first-order valence-electron chi connectivity index (χ1n) is 23.5. The molecule has 0 saturated carbocycles. The molecular formula is C48H70N4O11Si. The van der Waals surface area contributed by atoms with Gasteiger partial charge in [-0.1, -0.05) is 79.7 Å². The van der Waals surface area contributed by atoms with E-state index in [9.17, 15) is 28.8 Å². The van der Waals surface area contributed by atoms with Crippen LogP contribution in [0, 0.1) is 23.7 Å². The SMILES string of the molecule is CC(C)[Si](O[C@H]1CC(=O)O[C@H](CC[C@@H]2[C@@H]3C(=C[C@H](C)C[C@@H]3OC(=O)NCCOCCOCCNc3cccc4c3C(=O)N(C3CCC(=O)NC3=O)C4=O)C=C[C@@H]2C)C1)(C(C)C)C(C)C. The molecule has 0 spiro atoms. The predicted molar refractivity (Wildman–Crippen MR) is 243 cm³/mol. The molecule has 352 valence electrons. The van der Waals surface area contributed by atoms with E-state index in [0.717, 1.165) is 24.2 Å². The molecular weight excluding hydrogens is 837 g/mol. The highest BCUT2D eigenvalue weighted by atomic mass is 28.4. The molecule has 15 nitrogen and oxygen atoms in total. The zero-order valence-electron chi connectivity index (χ0n) is 38.9. The summed E-state index contributed by atoms with van der Waals surface area (Å²) in [7, 11) is -2.17. The molecule has 6 rings (SSSR count). The first-order valence-corrected chi connectivity index (χ1v) is 25.6. The van der Waals surface area contributed by atoms with Crippen molar-refractivity contribution in [2.45, 2.75) is 141 Å². The number of benzene rings is 1. The maximum Gasteiger partial charge on any atom is 0.407 e. The lowest BCUT2D eigenvalue weighted by molar-refractivity contribution is -0.160. The number of hydrogen-bond donors (Lipinski definition) is 3. The number of nitrogens with one attached hydrogen (secondary N) is 3. The Morgan fingerprint density at radius 3 is 2.30 bits per heavy atom. The monoisotopic (exact) mass is 906 g/mol. The largest absolute Gasteiger partial charge is 0.462 e. The van der Waals surface area contributed by atoms with Gasteiger partial charge in [-0.15, -0.1) is 0 Å². The lowest BCUT2D eigenvalue weighted by Crippen LogP contribution is -2.54. The van der Waals surface area contributed by atoms with Crippen LogP contribution >= 0.6 is 0 Å². The van der Waals surface area contributed by atoms with Gasteiger partial charge in [0.1, 0.15) is 18.2 Å². The number of cyclic esters (lactones) is 1. The number of alkyl carbamates (subject to hydrolysis) is 1. The van der Waals surface area contributed by atoms with Crippen LogP contribution in [0.4, 0.5) is 10.5 Å². The number of amides is 5. The lowest BCUT2D eigenvalue weighted by Gasteiger charge is -2.46. The summed E-state index contributed by atoms with van der Waals surface area (Å²) in [5.74, 6) is -1.63. The van der Waals surface area contributed by atoms with Crippen molar-refractivity contribution in [2.75, 3.05) is 44.8 Å². The van der Waals surface area contributed by atoms with Gasteiger partial charge in [0.25, 0.3) is 11.8 Å². The van der Waals surface area contributed by atoms with Gasteiger partial charge in [-0.3, -0.25) is 34.2 Å². The fraction of sp³-hybridized carbons (Fsp3) is 0.667. The molecule has 1 aromatic carbocycles. The van der Waals surface area contributed by atoms with Crippen LogP contribution < -0.4 is 16.0 Å². The zero-order valence-corrected chi connectivity index (χ0v) is 39.9. The van der Waals surface area contributed by atoms with E-state index in [4.69, 9.17) is 23.4 Å². The number of nitrogens with zero attached hydrogens (tertiary/aromatic N) is 1. The second-order valence-corrected chi connectivity index (χ2v) is 24.6. The third kappa shape index (κ3) is 11.2. The van der Waals surface area contributed by atoms with E-state index in [1.807, 2.05) is 0 Å². The van der Waals surface area contributed by atoms with Crippen LogP contribution in [0.25, 0.3) is 0 Å². The number of hydrogen-bond acceptors (Lipinski definition) is 12. The molecule has 0 radical (unpaired) electrons. The molecule has 2 saturated heterocycles. The number of carbonyl (C=O) groups is 6. The molecule has 5 amide bonds. The van der Waals surface area contributed by atoms with Crippen molar-refractivity contribution >= 4 is 49.7 Å². The average molecular weight is 907 g/mol. The van der Waals surface area contributed by atoms with Gasteiger partial charge in [0.2, 0.25) is 20.1 Å². The normalized spacial score (nSPS) is 27.1.